The molecule has 0 aromatic heterocycles. The predicted molar refractivity (Wildman–Crippen MR) is 208 cm³/mol. The van der Waals surface area contributed by atoms with Gasteiger partial charge in [0.25, 0.3) is 0 Å². The Labute approximate surface area is 296 Å². The van der Waals surface area contributed by atoms with Crippen LogP contribution in [0, 0.1) is 17.8 Å². The van der Waals surface area contributed by atoms with Crippen molar-refractivity contribution in [2.45, 2.75) is 122 Å². The van der Waals surface area contributed by atoms with Crippen LogP contribution in [-0.4, -0.2) is 6.04 Å². The molecular weight excluding hydrogens is 599 g/mol. The van der Waals surface area contributed by atoms with Crippen LogP contribution in [0.2, 0.25) is 0 Å². The van der Waals surface area contributed by atoms with E-state index in [9.17, 15) is 0 Å². The summed E-state index contributed by atoms with van der Waals surface area (Å²) in [6.07, 6.45) is 53.7. The molecule has 0 amide bonds. The first-order valence-electron chi connectivity index (χ1n) is 19.5. The highest BCUT2D eigenvalue weighted by Crippen LogP contribution is 2.45. The Morgan fingerprint density at radius 3 is 2.29 bits per heavy atom. The van der Waals surface area contributed by atoms with Crippen molar-refractivity contribution in [1.29, 1.82) is 0 Å². The summed E-state index contributed by atoms with van der Waals surface area (Å²) in [5, 5.41) is 4.26. The van der Waals surface area contributed by atoms with Gasteiger partial charge in [0.1, 0.15) is 0 Å². The highest BCUT2D eigenvalue weighted by molar-refractivity contribution is 7.84. The predicted octanol–water partition coefficient (Wildman–Crippen LogP) is 12.5. The Morgan fingerprint density at radius 1 is 0.646 bits per heavy atom. The third-order valence-electron chi connectivity index (χ3n) is 12.6. The normalized spacial score (nSPS) is 30.8. The van der Waals surface area contributed by atoms with E-state index < -0.39 is 0 Å². The number of thiol groups is 1. The van der Waals surface area contributed by atoms with Crippen LogP contribution >= 0.6 is 12.6 Å². The number of rotatable bonds is 7. The molecule has 2 heteroatoms. The largest absolute Gasteiger partial charge is 0.382 e. The Bertz CT molecular complexity index is 1670. The highest BCUT2D eigenvalue weighted by atomic mass is 32.1. The van der Waals surface area contributed by atoms with Gasteiger partial charge in [0.15, 0.2) is 0 Å². The van der Waals surface area contributed by atoms with Crippen LogP contribution in [0.15, 0.2) is 140 Å². The molecule has 8 aliphatic carbocycles. The Kier molecular flexibility index (Phi) is 9.99. The summed E-state index contributed by atoms with van der Waals surface area (Å²) < 4.78 is 0. The third-order valence-corrected chi connectivity index (χ3v) is 13.1. The first kappa shape index (κ1) is 32.2. The van der Waals surface area contributed by atoms with Gasteiger partial charge in [-0.1, -0.05) is 90.1 Å². The zero-order valence-electron chi connectivity index (χ0n) is 29.0. The van der Waals surface area contributed by atoms with Crippen molar-refractivity contribution in [3.05, 3.63) is 140 Å². The Morgan fingerprint density at radius 2 is 1.48 bits per heavy atom. The monoisotopic (exact) mass is 653 g/mol. The molecule has 0 aromatic rings. The number of hydrogen-bond donors (Lipinski definition) is 2. The molecule has 1 N–H and O–H groups in total. The number of nitrogens with one attached hydrogen (secondary N) is 1. The van der Waals surface area contributed by atoms with Crippen LogP contribution in [0.25, 0.3) is 0 Å². The van der Waals surface area contributed by atoms with Crippen molar-refractivity contribution in [3.63, 3.8) is 0 Å². The smallest absolute Gasteiger partial charge is 0.0510 e. The minimum Gasteiger partial charge on any atom is -0.382 e. The first-order valence-corrected chi connectivity index (χ1v) is 19.9. The molecule has 0 saturated carbocycles. The fraction of sp³-hybridized carbons (Fsp3) is 0.478. The van der Waals surface area contributed by atoms with Gasteiger partial charge in [-0.3, -0.25) is 0 Å². The van der Waals surface area contributed by atoms with Gasteiger partial charge < -0.3 is 5.32 Å². The topological polar surface area (TPSA) is 12.0 Å². The van der Waals surface area contributed by atoms with Gasteiger partial charge in [0.05, 0.1) is 6.04 Å². The van der Waals surface area contributed by atoms with E-state index in [-0.39, 0.29) is 0 Å². The minimum atomic E-state index is 0.475. The Hall–Kier alpha value is -2.97. The lowest BCUT2D eigenvalue weighted by Crippen LogP contribution is -2.36. The van der Waals surface area contributed by atoms with Gasteiger partial charge in [-0.2, -0.15) is 0 Å². The summed E-state index contributed by atoms with van der Waals surface area (Å²) in [4.78, 5) is 1.35. The van der Waals surface area contributed by atoms with Crippen LogP contribution in [0.4, 0.5) is 0 Å². The van der Waals surface area contributed by atoms with Crippen molar-refractivity contribution >= 4 is 12.6 Å². The minimum absolute atomic E-state index is 0.475. The molecule has 0 heterocycles. The lowest BCUT2D eigenvalue weighted by atomic mass is 9.71. The third kappa shape index (κ3) is 7.02. The average molecular weight is 654 g/mol. The standard InChI is InChI=1S/C46H55NS/c48-46-22-7-6-20-42(46)35-25-23-33(24-26-35)39-27-28-45(47-44-21-10-14-34-13-4-5-19-41(34)44)43(31-39)40-18-9-17-38(30-40)37-16-8-15-36(29-37)32-11-2-1-3-12-32/h2,5,8-9,11-12,15-19,23,25,36,39-40,44,47-48H,1,3-4,6-7,10,13-14,20-22,24,26-31H2. The number of allylic oxidation sites excluding steroid dienone is 22. The molecule has 0 saturated heterocycles. The molecule has 4 unspecified atom stereocenters. The van der Waals surface area contributed by atoms with Gasteiger partial charge in [-0.05, 0) is 165 Å². The fourth-order valence-electron chi connectivity index (χ4n) is 9.91. The molecule has 0 radical (unpaired) electrons. The molecule has 8 rings (SSSR count). The van der Waals surface area contributed by atoms with Gasteiger partial charge in [0.2, 0.25) is 0 Å². The molecule has 4 atom stereocenters. The second-order valence-electron chi connectivity index (χ2n) is 15.6. The van der Waals surface area contributed by atoms with E-state index in [1.165, 1.54) is 113 Å². The van der Waals surface area contributed by atoms with Gasteiger partial charge in [-0.25, -0.2) is 0 Å². The highest BCUT2D eigenvalue weighted by Gasteiger charge is 2.32. The summed E-state index contributed by atoms with van der Waals surface area (Å²) in [7, 11) is 0. The number of hydrogen-bond acceptors (Lipinski definition) is 2. The molecule has 8 aliphatic rings. The maximum atomic E-state index is 4.90. The molecule has 0 bridgehead atoms. The quantitative estimate of drug-likeness (QED) is 0.261. The van der Waals surface area contributed by atoms with Gasteiger partial charge in [-0.15, -0.1) is 12.6 Å². The van der Waals surface area contributed by atoms with E-state index >= 15 is 0 Å². The Balaban J connectivity index is 1.05. The SMILES string of the molecule is SC1=C(C2=CC=C(C3CCC(NC4CCCC5=C4C=CCC5)=C(C4C=CC=C(C5=CC=CC(C6=CCCC=C6)C5)C4)C3)CC2)CCCC1. The molecule has 0 aromatic carbocycles. The van der Waals surface area contributed by atoms with Crippen molar-refractivity contribution < 1.29 is 0 Å². The van der Waals surface area contributed by atoms with Crippen LogP contribution < -0.4 is 5.32 Å². The summed E-state index contributed by atoms with van der Waals surface area (Å²) >= 11 is 4.90. The van der Waals surface area contributed by atoms with Crippen LogP contribution in [0.1, 0.15) is 116 Å². The van der Waals surface area contributed by atoms with E-state index in [0.717, 1.165) is 12.8 Å². The van der Waals surface area contributed by atoms with Crippen molar-refractivity contribution in [1.82, 2.24) is 5.32 Å². The summed E-state index contributed by atoms with van der Waals surface area (Å²) in [6, 6.07) is 0.483. The molecule has 0 fully saturated rings. The maximum Gasteiger partial charge on any atom is 0.0510 e. The van der Waals surface area contributed by atoms with Crippen molar-refractivity contribution in [3.8, 4) is 0 Å². The first-order chi connectivity index (χ1) is 23.7. The van der Waals surface area contributed by atoms with Crippen LogP contribution in [-0.2, 0) is 0 Å². The van der Waals surface area contributed by atoms with E-state index in [1.54, 1.807) is 50.3 Å². The fourth-order valence-corrected chi connectivity index (χ4v) is 10.3. The second kappa shape index (κ2) is 14.9. The lowest BCUT2D eigenvalue weighted by molar-refractivity contribution is 0.435. The molecule has 1 nitrogen and oxygen atoms in total. The molecule has 250 valence electrons. The summed E-state index contributed by atoms with van der Waals surface area (Å²) in [5.41, 5.74) is 16.0. The zero-order chi connectivity index (χ0) is 32.3. The van der Waals surface area contributed by atoms with Crippen LogP contribution in [0.3, 0.4) is 0 Å². The second-order valence-corrected chi connectivity index (χ2v) is 16.1. The van der Waals surface area contributed by atoms with E-state index in [4.69, 9.17) is 12.6 Å². The van der Waals surface area contributed by atoms with E-state index in [0.29, 0.717) is 23.8 Å². The molecule has 48 heavy (non-hydrogen) atoms. The van der Waals surface area contributed by atoms with E-state index in [1.807, 2.05) is 0 Å². The summed E-state index contributed by atoms with van der Waals surface area (Å²) in [6.45, 7) is 0. The lowest BCUT2D eigenvalue weighted by Gasteiger charge is -2.38. The van der Waals surface area contributed by atoms with Gasteiger partial charge >= 0.3 is 0 Å². The zero-order valence-corrected chi connectivity index (χ0v) is 29.9. The molecular formula is C46H55NS. The van der Waals surface area contributed by atoms with Crippen LogP contribution in [0.5, 0.6) is 0 Å². The van der Waals surface area contributed by atoms with Crippen molar-refractivity contribution in [2.24, 2.45) is 17.8 Å². The maximum absolute atomic E-state index is 4.90. The molecule has 0 spiro atoms. The van der Waals surface area contributed by atoms with Gasteiger partial charge in [0, 0.05) is 17.5 Å². The van der Waals surface area contributed by atoms with E-state index in [2.05, 4.69) is 84.3 Å². The summed E-state index contributed by atoms with van der Waals surface area (Å²) in [5.74, 6) is 1.64. The average Bonchev–Trinajstić information content (AvgIpc) is 3.16. The molecule has 0 aliphatic heterocycles. The van der Waals surface area contributed by atoms with Crippen molar-refractivity contribution in [2.75, 3.05) is 0 Å².